The monoisotopic (exact) mass is 271 g/mol. The Balaban J connectivity index is 2.10. The van der Waals surface area contributed by atoms with Gasteiger partial charge in [-0.3, -0.25) is 4.79 Å². The highest BCUT2D eigenvalue weighted by atomic mass is 19.4. The van der Waals surface area contributed by atoms with E-state index in [1.807, 2.05) is 5.32 Å². The third-order valence-corrected chi connectivity index (χ3v) is 2.65. The molecule has 0 radical (unpaired) electrons. The van der Waals surface area contributed by atoms with Crippen molar-refractivity contribution >= 4 is 22.5 Å². The molecule has 2 aromatic rings. The molecule has 7 heteroatoms. The van der Waals surface area contributed by atoms with Crippen LogP contribution in [0.3, 0.4) is 0 Å². The molecule has 0 atom stereocenters. The Bertz CT molecular complexity index is 604. The van der Waals surface area contributed by atoms with E-state index in [1.165, 1.54) is 0 Å². The predicted octanol–water partition coefficient (Wildman–Crippen LogP) is 1.90. The van der Waals surface area contributed by atoms with Gasteiger partial charge in [0.2, 0.25) is 5.91 Å². The topological polar surface area (TPSA) is 60.0 Å². The third-order valence-electron chi connectivity index (χ3n) is 2.65. The number of nitrogens with one attached hydrogen (secondary N) is 1. The quantitative estimate of drug-likeness (QED) is 0.838. The molecular weight excluding hydrogens is 259 g/mol. The molecule has 0 unspecified atom stereocenters. The molecule has 1 amide bonds. The van der Waals surface area contributed by atoms with Crippen molar-refractivity contribution in [3.8, 4) is 0 Å². The van der Waals surface area contributed by atoms with E-state index in [4.69, 9.17) is 5.73 Å². The van der Waals surface area contributed by atoms with Crippen molar-refractivity contribution in [2.45, 2.75) is 12.7 Å². The Labute approximate surface area is 107 Å². The number of anilines is 1. The number of halogens is 3. The third kappa shape index (κ3) is 3.18. The zero-order valence-corrected chi connectivity index (χ0v) is 9.87. The fourth-order valence-electron chi connectivity index (χ4n) is 1.79. The van der Waals surface area contributed by atoms with E-state index in [0.29, 0.717) is 11.2 Å². The van der Waals surface area contributed by atoms with Crippen LogP contribution in [-0.2, 0) is 11.3 Å². The van der Waals surface area contributed by atoms with Crippen molar-refractivity contribution in [2.24, 2.45) is 0 Å². The minimum absolute atomic E-state index is 0.178. The van der Waals surface area contributed by atoms with Crippen LogP contribution in [0, 0.1) is 0 Å². The lowest BCUT2D eigenvalue weighted by atomic mass is 10.2. The fraction of sp³-hybridized carbons (Fsp3) is 0.250. The highest BCUT2D eigenvalue weighted by Crippen LogP contribution is 2.21. The molecular formula is C12H12F3N3O. The van der Waals surface area contributed by atoms with Crippen LogP contribution in [0.5, 0.6) is 0 Å². The van der Waals surface area contributed by atoms with E-state index in [1.54, 1.807) is 35.0 Å². The molecule has 102 valence electrons. The summed E-state index contributed by atoms with van der Waals surface area (Å²) in [5.74, 6) is -0.697. The highest BCUT2D eigenvalue weighted by Gasteiger charge is 2.27. The van der Waals surface area contributed by atoms with Gasteiger partial charge < -0.3 is 15.6 Å². The summed E-state index contributed by atoms with van der Waals surface area (Å²) >= 11 is 0. The minimum Gasteiger partial charge on any atom is -0.398 e. The Morgan fingerprint density at radius 3 is 2.74 bits per heavy atom. The number of nitrogens with two attached hydrogens (primary N) is 1. The van der Waals surface area contributed by atoms with E-state index in [2.05, 4.69) is 0 Å². The average molecular weight is 271 g/mol. The molecule has 2 rings (SSSR count). The van der Waals surface area contributed by atoms with E-state index in [0.717, 1.165) is 5.39 Å². The molecule has 19 heavy (non-hydrogen) atoms. The second-order valence-electron chi connectivity index (χ2n) is 4.12. The van der Waals surface area contributed by atoms with E-state index in [9.17, 15) is 18.0 Å². The molecule has 1 heterocycles. The number of hydrogen-bond donors (Lipinski definition) is 2. The van der Waals surface area contributed by atoms with E-state index >= 15 is 0 Å². The van der Waals surface area contributed by atoms with Gasteiger partial charge in [-0.2, -0.15) is 13.2 Å². The van der Waals surface area contributed by atoms with Crippen molar-refractivity contribution in [1.29, 1.82) is 0 Å². The van der Waals surface area contributed by atoms with Gasteiger partial charge in [0.05, 0.1) is 5.52 Å². The van der Waals surface area contributed by atoms with Crippen LogP contribution >= 0.6 is 0 Å². The molecule has 0 spiro atoms. The number of hydrogen-bond acceptors (Lipinski definition) is 2. The molecule has 4 nitrogen and oxygen atoms in total. The normalized spacial score (nSPS) is 11.7. The Hall–Kier alpha value is -2.18. The van der Waals surface area contributed by atoms with E-state index < -0.39 is 18.6 Å². The summed E-state index contributed by atoms with van der Waals surface area (Å²) in [7, 11) is 0. The standard InChI is InChI=1S/C12H12F3N3O/c13-12(14,15)7-17-11(19)6-18-5-4-8-9(16)2-1-3-10(8)18/h1-5H,6-7,16H2,(H,17,19). The van der Waals surface area contributed by atoms with Gasteiger partial charge in [-0.05, 0) is 18.2 Å². The first kappa shape index (κ1) is 13.3. The number of nitrogens with zero attached hydrogens (tertiary/aromatic N) is 1. The number of fused-ring (bicyclic) bond motifs is 1. The molecule has 0 saturated heterocycles. The van der Waals surface area contributed by atoms with Crippen LogP contribution in [0.15, 0.2) is 30.5 Å². The van der Waals surface area contributed by atoms with Crippen LogP contribution in [0.4, 0.5) is 18.9 Å². The largest absolute Gasteiger partial charge is 0.405 e. The lowest BCUT2D eigenvalue weighted by Crippen LogP contribution is -2.35. The van der Waals surface area contributed by atoms with Gasteiger partial charge >= 0.3 is 6.18 Å². The van der Waals surface area contributed by atoms with Crippen LogP contribution in [0.25, 0.3) is 10.9 Å². The first-order chi connectivity index (χ1) is 8.87. The average Bonchev–Trinajstić information content (AvgIpc) is 2.71. The van der Waals surface area contributed by atoms with Crippen molar-refractivity contribution in [2.75, 3.05) is 12.3 Å². The zero-order chi connectivity index (χ0) is 14.0. The molecule has 0 fully saturated rings. The summed E-state index contributed by atoms with van der Waals surface area (Å²) in [6, 6.07) is 6.92. The maximum Gasteiger partial charge on any atom is 0.405 e. The molecule has 1 aromatic carbocycles. The molecule has 0 aliphatic rings. The maximum absolute atomic E-state index is 12.0. The van der Waals surface area contributed by atoms with Crippen LogP contribution in [0.2, 0.25) is 0 Å². The number of benzene rings is 1. The Morgan fingerprint density at radius 1 is 1.32 bits per heavy atom. The summed E-state index contributed by atoms with van der Waals surface area (Å²) < 4.78 is 37.4. The molecule has 0 bridgehead atoms. The Kier molecular flexibility index (Phi) is 3.37. The van der Waals surface area contributed by atoms with E-state index in [-0.39, 0.29) is 6.54 Å². The first-order valence-corrected chi connectivity index (χ1v) is 5.53. The van der Waals surface area contributed by atoms with Gasteiger partial charge in [0, 0.05) is 17.3 Å². The summed E-state index contributed by atoms with van der Waals surface area (Å²) in [5, 5.41) is 2.59. The van der Waals surface area contributed by atoms with Gasteiger partial charge in [-0.1, -0.05) is 6.07 Å². The molecule has 0 aliphatic carbocycles. The molecule has 3 N–H and O–H groups in total. The SMILES string of the molecule is Nc1cccc2c1ccn2CC(=O)NCC(F)(F)F. The molecule has 1 aromatic heterocycles. The van der Waals surface area contributed by atoms with Crippen LogP contribution in [-0.4, -0.2) is 23.2 Å². The minimum atomic E-state index is -4.40. The van der Waals surface area contributed by atoms with Crippen LogP contribution < -0.4 is 11.1 Å². The van der Waals surface area contributed by atoms with Crippen LogP contribution in [0.1, 0.15) is 0 Å². The second kappa shape index (κ2) is 4.83. The Morgan fingerprint density at radius 2 is 2.05 bits per heavy atom. The van der Waals surface area contributed by atoms with Gasteiger partial charge in [0.1, 0.15) is 13.1 Å². The summed E-state index contributed by atoms with van der Waals surface area (Å²) in [6.07, 6.45) is -2.78. The first-order valence-electron chi connectivity index (χ1n) is 5.53. The maximum atomic E-state index is 12.0. The lowest BCUT2D eigenvalue weighted by Gasteiger charge is -2.09. The fourth-order valence-corrected chi connectivity index (χ4v) is 1.79. The number of nitrogen functional groups attached to an aromatic ring is 1. The highest BCUT2D eigenvalue weighted by molar-refractivity contribution is 5.92. The van der Waals surface area contributed by atoms with Crippen molar-refractivity contribution in [3.05, 3.63) is 30.5 Å². The number of alkyl halides is 3. The van der Waals surface area contributed by atoms with Crippen molar-refractivity contribution in [3.63, 3.8) is 0 Å². The van der Waals surface area contributed by atoms with Gasteiger partial charge in [-0.15, -0.1) is 0 Å². The van der Waals surface area contributed by atoms with Crippen molar-refractivity contribution < 1.29 is 18.0 Å². The summed E-state index contributed by atoms with van der Waals surface area (Å²) in [6.45, 7) is -1.50. The van der Waals surface area contributed by atoms with Crippen molar-refractivity contribution in [1.82, 2.24) is 9.88 Å². The number of carbonyl (C=O) groups excluding carboxylic acids is 1. The number of carbonyl (C=O) groups is 1. The summed E-state index contributed by atoms with van der Waals surface area (Å²) in [5.41, 5.74) is 7.03. The van der Waals surface area contributed by atoms with Gasteiger partial charge in [0.25, 0.3) is 0 Å². The van der Waals surface area contributed by atoms with Gasteiger partial charge in [0.15, 0.2) is 0 Å². The smallest absolute Gasteiger partial charge is 0.398 e. The predicted molar refractivity (Wildman–Crippen MR) is 65.4 cm³/mol. The van der Waals surface area contributed by atoms with Gasteiger partial charge in [-0.25, -0.2) is 0 Å². The number of amides is 1. The number of rotatable bonds is 3. The number of aromatic nitrogens is 1. The molecule has 0 aliphatic heterocycles. The lowest BCUT2D eigenvalue weighted by molar-refractivity contribution is -0.138. The molecule has 0 saturated carbocycles. The second-order valence-corrected chi connectivity index (χ2v) is 4.12. The summed E-state index contributed by atoms with van der Waals surface area (Å²) in [4.78, 5) is 11.4. The zero-order valence-electron chi connectivity index (χ0n) is 9.87.